The van der Waals surface area contributed by atoms with Crippen LogP contribution in [0.2, 0.25) is 0 Å². The van der Waals surface area contributed by atoms with Gasteiger partial charge >= 0.3 is 6.36 Å². The molecule has 4 nitrogen and oxygen atoms in total. The number of alkyl halides is 3. The Labute approximate surface area is 129 Å². The minimum absolute atomic E-state index is 0.184. The predicted octanol–water partition coefficient (Wildman–Crippen LogP) is 4.20. The molecule has 2 rings (SSSR count). The number of rotatable bonds is 4. The molecule has 2 aromatic rings. The lowest BCUT2D eigenvalue weighted by Crippen LogP contribution is -2.17. The van der Waals surface area contributed by atoms with Crippen molar-refractivity contribution in [3.05, 3.63) is 40.9 Å². The summed E-state index contributed by atoms with van der Waals surface area (Å²) in [6.07, 6.45) is -2.98. The molecular formula is C14H14F3N3OS. The molecule has 0 aliphatic rings. The van der Waals surface area contributed by atoms with E-state index in [1.165, 1.54) is 35.6 Å². The summed E-state index contributed by atoms with van der Waals surface area (Å²) in [5.41, 5.74) is 6.34. The molecule has 0 saturated carbocycles. The van der Waals surface area contributed by atoms with Crippen LogP contribution in [-0.2, 0) is 0 Å². The van der Waals surface area contributed by atoms with E-state index in [1.54, 1.807) is 6.20 Å². The summed E-state index contributed by atoms with van der Waals surface area (Å²) >= 11 is 1.42. The molecule has 22 heavy (non-hydrogen) atoms. The third-order valence-corrected chi connectivity index (χ3v) is 3.87. The van der Waals surface area contributed by atoms with Crippen molar-refractivity contribution < 1.29 is 17.9 Å². The molecule has 0 spiro atoms. The maximum atomic E-state index is 12.1. The zero-order chi connectivity index (χ0) is 16.3. The largest absolute Gasteiger partial charge is 0.573 e. The summed E-state index contributed by atoms with van der Waals surface area (Å²) in [5.74, 6) is 0.227. The van der Waals surface area contributed by atoms with Gasteiger partial charge in [0.15, 0.2) is 0 Å². The van der Waals surface area contributed by atoms with Gasteiger partial charge in [0.2, 0.25) is 5.13 Å². The van der Waals surface area contributed by atoms with Crippen molar-refractivity contribution in [2.45, 2.75) is 26.1 Å². The van der Waals surface area contributed by atoms with Crippen LogP contribution in [0.5, 0.6) is 5.75 Å². The van der Waals surface area contributed by atoms with Gasteiger partial charge in [-0.25, -0.2) is 9.98 Å². The van der Waals surface area contributed by atoms with E-state index in [-0.39, 0.29) is 11.6 Å². The van der Waals surface area contributed by atoms with E-state index in [4.69, 9.17) is 5.73 Å². The van der Waals surface area contributed by atoms with E-state index in [0.717, 1.165) is 4.88 Å². The van der Waals surface area contributed by atoms with Crippen molar-refractivity contribution in [2.24, 2.45) is 10.7 Å². The maximum absolute atomic E-state index is 12.1. The number of halogens is 3. The standard InChI is InChI=1S/C14H14F3N3OS/c1-8(2)11-7-19-13(22-11)20-12(18)9-3-5-10(6-4-9)21-14(15,16)17/h3-8H,1-2H3,(H2,18,19,20). The first-order valence-corrected chi connectivity index (χ1v) is 7.22. The zero-order valence-electron chi connectivity index (χ0n) is 11.9. The molecule has 0 radical (unpaired) electrons. The van der Waals surface area contributed by atoms with Gasteiger partial charge in [0.1, 0.15) is 11.6 Å². The van der Waals surface area contributed by atoms with Crippen LogP contribution in [0.25, 0.3) is 0 Å². The van der Waals surface area contributed by atoms with Gasteiger partial charge in [0.25, 0.3) is 0 Å². The Morgan fingerprint density at radius 1 is 1.27 bits per heavy atom. The van der Waals surface area contributed by atoms with Crippen molar-refractivity contribution in [3.63, 3.8) is 0 Å². The first-order chi connectivity index (χ1) is 10.2. The number of ether oxygens (including phenoxy) is 1. The van der Waals surface area contributed by atoms with Gasteiger partial charge in [-0.15, -0.1) is 13.2 Å². The number of benzene rings is 1. The van der Waals surface area contributed by atoms with Crippen LogP contribution in [0, 0.1) is 0 Å². The monoisotopic (exact) mass is 329 g/mol. The van der Waals surface area contributed by atoms with Crippen molar-refractivity contribution in [3.8, 4) is 5.75 Å². The lowest BCUT2D eigenvalue weighted by molar-refractivity contribution is -0.274. The van der Waals surface area contributed by atoms with E-state index < -0.39 is 6.36 Å². The first kappa shape index (κ1) is 16.3. The summed E-state index contributed by atoms with van der Waals surface area (Å²) < 4.78 is 40.0. The van der Waals surface area contributed by atoms with E-state index in [9.17, 15) is 13.2 Å². The SMILES string of the molecule is CC(C)c1cnc(N=C(N)c2ccc(OC(F)(F)F)cc2)s1. The Morgan fingerprint density at radius 3 is 2.41 bits per heavy atom. The fourth-order valence-corrected chi connectivity index (χ4v) is 2.39. The highest BCUT2D eigenvalue weighted by Crippen LogP contribution is 2.28. The van der Waals surface area contributed by atoms with Gasteiger partial charge in [-0.3, -0.25) is 0 Å². The van der Waals surface area contributed by atoms with Gasteiger partial charge in [0, 0.05) is 16.6 Å². The molecule has 0 bridgehead atoms. The van der Waals surface area contributed by atoms with Gasteiger partial charge in [0.05, 0.1) is 0 Å². The summed E-state index contributed by atoms with van der Waals surface area (Å²) in [6, 6.07) is 5.20. The van der Waals surface area contributed by atoms with Crippen LogP contribution in [0.4, 0.5) is 18.3 Å². The highest BCUT2D eigenvalue weighted by molar-refractivity contribution is 7.15. The summed E-state index contributed by atoms with van der Waals surface area (Å²) in [4.78, 5) is 9.41. The second-order valence-corrected chi connectivity index (χ2v) is 5.81. The van der Waals surface area contributed by atoms with Crippen LogP contribution < -0.4 is 10.5 Å². The molecule has 0 saturated heterocycles. The van der Waals surface area contributed by atoms with Crippen molar-refractivity contribution in [1.82, 2.24) is 4.98 Å². The first-order valence-electron chi connectivity index (χ1n) is 6.40. The van der Waals surface area contributed by atoms with Crippen molar-refractivity contribution in [2.75, 3.05) is 0 Å². The zero-order valence-corrected chi connectivity index (χ0v) is 12.7. The smallest absolute Gasteiger partial charge is 0.406 e. The number of thiazole rings is 1. The number of hydrogen-bond donors (Lipinski definition) is 1. The highest BCUT2D eigenvalue weighted by atomic mass is 32.1. The minimum atomic E-state index is -4.71. The molecule has 118 valence electrons. The maximum Gasteiger partial charge on any atom is 0.573 e. The van der Waals surface area contributed by atoms with Gasteiger partial charge in [-0.05, 0) is 30.2 Å². The molecule has 1 heterocycles. The molecule has 0 unspecified atom stereocenters. The van der Waals surface area contributed by atoms with Gasteiger partial charge in [-0.2, -0.15) is 0 Å². The van der Waals surface area contributed by atoms with E-state index in [0.29, 0.717) is 16.6 Å². The fraction of sp³-hybridized carbons (Fsp3) is 0.286. The summed E-state index contributed by atoms with van der Waals surface area (Å²) in [7, 11) is 0. The topological polar surface area (TPSA) is 60.5 Å². The molecule has 0 amide bonds. The summed E-state index contributed by atoms with van der Waals surface area (Å²) in [6.45, 7) is 4.09. The Morgan fingerprint density at radius 2 is 1.91 bits per heavy atom. The van der Waals surface area contributed by atoms with Gasteiger partial charge < -0.3 is 10.5 Å². The average Bonchev–Trinajstić information content (AvgIpc) is 2.86. The van der Waals surface area contributed by atoms with E-state index in [1.807, 2.05) is 13.8 Å². The lowest BCUT2D eigenvalue weighted by atomic mass is 10.2. The van der Waals surface area contributed by atoms with Crippen molar-refractivity contribution in [1.29, 1.82) is 0 Å². The van der Waals surface area contributed by atoms with Gasteiger partial charge in [-0.1, -0.05) is 25.2 Å². The Kier molecular flexibility index (Phi) is 4.70. The third-order valence-electron chi connectivity index (χ3n) is 2.68. The van der Waals surface area contributed by atoms with Crippen LogP contribution >= 0.6 is 11.3 Å². The van der Waals surface area contributed by atoms with Crippen LogP contribution in [0.3, 0.4) is 0 Å². The molecule has 2 N–H and O–H groups in total. The van der Waals surface area contributed by atoms with Crippen LogP contribution in [-0.4, -0.2) is 17.2 Å². The highest BCUT2D eigenvalue weighted by Gasteiger charge is 2.30. The van der Waals surface area contributed by atoms with E-state index >= 15 is 0 Å². The fourth-order valence-electron chi connectivity index (χ4n) is 1.59. The number of hydrogen-bond acceptors (Lipinski definition) is 4. The second-order valence-electron chi connectivity index (χ2n) is 4.77. The number of nitrogens with two attached hydrogens (primary N) is 1. The number of amidine groups is 1. The molecule has 0 atom stereocenters. The molecular weight excluding hydrogens is 315 g/mol. The number of aliphatic imine (C=N–C) groups is 1. The molecule has 1 aromatic carbocycles. The molecule has 0 aliphatic carbocycles. The molecule has 1 aromatic heterocycles. The van der Waals surface area contributed by atoms with Crippen LogP contribution in [0.1, 0.15) is 30.2 Å². The Hall–Kier alpha value is -2.09. The second kappa shape index (κ2) is 6.35. The van der Waals surface area contributed by atoms with Crippen molar-refractivity contribution >= 4 is 22.3 Å². The molecule has 0 aliphatic heterocycles. The third kappa shape index (κ3) is 4.45. The Bertz CT molecular complexity index is 663. The van der Waals surface area contributed by atoms with Crippen LogP contribution in [0.15, 0.2) is 35.5 Å². The lowest BCUT2D eigenvalue weighted by Gasteiger charge is -2.08. The minimum Gasteiger partial charge on any atom is -0.406 e. The Balaban J connectivity index is 2.14. The number of aromatic nitrogens is 1. The predicted molar refractivity (Wildman–Crippen MR) is 79.7 cm³/mol. The average molecular weight is 329 g/mol. The normalized spacial score (nSPS) is 12.7. The number of nitrogens with zero attached hydrogens (tertiary/aromatic N) is 2. The quantitative estimate of drug-likeness (QED) is 0.675. The van der Waals surface area contributed by atoms with E-state index in [2.05, 4.69) is 14.7 Å². The molecule has 0 fully saturated rings. The summed E-state index contributed by atoms with van der Waals surface area (Å²) in [5, 5.41) is 0.511. The molecule has 8 heteroatoms.